The molecule has 0 fully saturated rings. The number of thioether (sulfide) groups is 1. The Kier molecular flexibility index (Phi) is 3.99. The minimum absolute atomic E-state index is 0.286. The molecule has 0 amide bonds. The minimum Gasteiger partial charge on any atom is -0.468 e. The summed E-state index contributed by atoms with van der Waals surface area (Å²) in [6.45, 7) is 1.76. The van der Waals surface area contributed by atoms with Crippen LogP contribution in [0.25, 0.3) is 11.4 Å². The number of nitrogens with zero attached hydrogens (tertiary/aromatic N) is 2. The van der Waals surface area contributed by atoms with Crippen LogP contribution in [-0.2, 0) is 9.53 Å². The van der Waals surface area contributed by atoms with E-state index < -0.39 is 0 Å². The Bertz CT molecular complexity index is 527. The summed E-state index contributed by atoms with van der Waals surface area (Å²) in [6.07, 6.45) is 0. The number of methoxy groups -OCH3 is 1. The lowest BCUT2D eigenvalue weighted by Gasteiger charge is -2.04. The van der Waals surface area contributed by atoms with Crippen molar-refractivity contribution in [3.05, 3.63) is 30.3 Å². The van der Waals surface area contributed by atoms with E-state index in [-0.39, 0.29) is 11.2 Å². The molecule has 0 radical (unpaired) electrons. The predicted molar refractivity (Wildman–Crippen MR) is 69.2 cm³/mol. The first-order valence-electron chi connectivity index (χ1n) is 5.43. The number of ether oxygens (including phenoxy) is 1. The van der Waals surface area contributed by atoms with Crippen molar-refractivity contribution in [2.75, 3.05) is 7.11 Å². The van der Waals surface area contributed by atoms with Crippen LogP contribution in [0.2, 0.25) is 0 Å². The van der Waals surface area contributed by atoms with Crippen molar-refractivity contribution in [3.8, 4) is 11.4 Å². The number of esters is 1. The number of rotatable bonds is 4. The number of carbonyl (C=O) groups excluding carboxylic acids is 1. The Balaban J connectivity index is 2.09. The molecule has 2 aromatic rings. The second-order valence-corrected chi connectivity index (χ2v) is 4.92. The summed E-state index contributed by atoms with van der Waals surface area (Å²) in [5.74, 6) is 0.404. The molecule has 2 rings (SSSR count). The van der Waals surface area contributed by atoms with E-state index in [4.69, 9.17) is 0 Å². The number of H-pyrrole nitrogens is 1. The molecule has 0 aliphatic heterocycles. The highest BCUT2D eigenvalue weighted by molar-refractivity contribution is 8.00. The van der Waals surface area contributed by atoms with Crippen LogP contribution in [0.4, 0.5) is 0 Å². The molecule has 0 aliphatic carbocycles. The topological polar surface area (TPSA) is 67.9 Å². The first-order chi connectivity index (χ1) is 8.70. The Hall–Kier alpha value is -1.82. The number of hydrogen-bond acceptors (Lipinski definition) is 5. The molecule has 1 aromatic carbocycles. The maximum atomic E-state index is 11.3. The molecule has 0 spiro atoms. The van der Waals surface area contributed by atoms with E-state index in [0.717, 1.165) is 5.56 Å². The van der Waals surface area contributed by atoms with Gasteiger partial charge < -0.3 is 4.74 Å². The maximum Gasteiger partial charge on any atom is 0.318 e. The molecule has 18 heavy (non-hydrogen) atoms. The van der Waals surface area contributed by atoms with E-state index in [0.29, 0.717) is 11.0 Å². The van der Waals surface area contributed by atoms with Crippen molar-refractivity contribution in [2.24, 2.45) is 0 Å². The molecule has 1 heterocycles. The lowest BCUT2D eigenvalue weighted by atomic mass is 10.2. The second-order valence-electron chi connectivity index (χ2n) is 3.62. The number of carbonyl (C=O) groups is 1. The highest BCUT2D eigenvalue weighted by atomic mass is 32.2. The fourth-order valence-electron chi connectivity index (χ4n) is 1.40. The lowest BCUT2D eigenvalue weighted by Crippen LogP contribution is -2.14. The Morgan fingerprint density at radius 3 is 2.78 bits per heavy atom. The van der Waals surface area contributed by atoms with Gasteiger partial charge in [-0.2, -0.15) is 0 Å². The number of hydrogen-bond donors (Lipinski definition) is 1. The summed E-state index contributed by atoms with van der Waals surface area (Å²) >= 11 is 1.26. The van der Waals surface area contributed by atoms with E-state index in [2.05, 4.69) is 19.9 Å². The summed E-state index contributed by atoms with van der Waals surface area (Å²) in [4.78, 5) is 15.6. The molecular formula is C12H13N3O2S. The fraction of sp³-hybridized carbons (Fsp3) is 0.250. The third-order valence-electron chi connectivity index (χ3n) is 2.33. The smallest absolute Gasteiger partial charge is 0.318 e. The van der Waals surface area contributed by atoms with Gasteiger partial charge in [-0.15, -0.1) is 5.10 Å². The zero-order chi connectivity index (χ0) is 13.0. The highest BCUT2D eigenvalue weighted by Crippen LogP contribution is 2.22. The Morgan fingerprint density at radius 1 is 1.39 bits per heavy atom. The van der Waals surface area contributed by atoms with Crippen molar-refractivity contribution >= 4 is 17.7 Å². The average Bonchev–Trinajstić information content (AvgIpc) is 2.87. The van der Waals surface area contributed by atoms with E-state index >= 15 is 0 Å². The van der Waals surface area contributed by atoms with Gasteiger partial charge >= 0.3 is 5.97 Å². The van der Waals surface area contributed by atoms with Gasteiger partial charge in [0.2, 0.25) is 5.16 Å². The van der Waals surface area contributed by atoms with Crippen LogP contribution in [0.15, 0.2) is 35.5 Å². The van der Waals surface area contributed by atoms with E-state index in [1.165, 1.54) is 18.9 Å². The second kappa shape index (κ2) is 5.68. The molecule has 5 nitrogen and oxygen atoms in total. The van der Waals surface area contributed by atoms with Crippen molar-refractivity contribution in [1.82, 2.24) is 15.2 Å². The zero-order valence-corrected chi connectivity index (χ0v) is 10.9. The van der Waals surface area contributed by atoms with Crippen LogP contribution in [0.3, 0.4) is 0 Å². The summed E-state index contributed by atoms with van der Waals surface area (Å²) < 4.78 is 4.65. The summed E-state index contributed by atoms with van der Waals surface area (Å²) in [5, 5.41) is 7.13. The largest absolute Gasteiger partial charge is 0.468 e. The first kappa shape index (κ1) is 12.6. The third-order valence-corrected chi connectivity index (χ3v) is 3.27. The van der Waals surface area contributed by atoms with Gasteiger partial charge in [-0.05, 0) is 6.92 Å². The Labute approximate surface area is 109 Å². The molecule has 1 atom stereocenters. The zero-order valence-electron chi connectivity index (χ0n) is 10.1. The third kappa shape index (κ3) is 2.89. The summed E-state index contributed by atoms with van der Waals surface area (Å²) in [5.41, 5.74) is 0.961. The van der Waals surface area contributed by atoms with Crippen molar-refractivity contribution in [1.29, 1.82) is 0 Å². The van der Waals surface area contributed by atoms with Gasteiger partial charge in [-0.3, -0.25) is 9.89 Å². The van der Waals surface area contributed by atoms with E-state index in [1.807, 2.05) is 30.3 Å². The monoisotopic (exact) mass is 263 g/mol. The number of nitrogens with one attached hydrogen (secondary N) is 1. The van der Waals surface area contributed by atoms with Crippen LogP contribution in [0.1, 0.15) is 6.92 Å². The Morgan fingerprint density at radius 2 is 2.11 bits per heavy atom. The molecule has 0 saturated heterocycles. The lowest BCUT2D eigenvalue weighted by molar-refractivity contribution is -0.139. The van der Waals surface area contributed by atoms with Crippen molar-refractivity contribution in [3.63, 3.8) is 0 Å². The molecule has 1 aromatic heterocycles. The van der Waals surface area contributed by atoms with Crippen molar-refractivity contribution < 1.29 is 9.53 Å². The van der Waals surface area contributed by atoms with Crippen LogP contribution >= 0.6 is 11.8 Å². The average molecular weight is 263 g/mol. The summed E-state index contributed by atoms with van der Waals surface area (Å²) in [7, 11) is 1.37. The maximum absolute atomic E-state index is 11.3. The molecule has 94 valence electrons. The quantitative estimate of drug-likeness (QED) is 0.676. The predicted octanol–water partition coefficient (Wildman–Crippen LogP) is 2.13. The molecule has 0 aliphatic rings. The molecule has 1 N–H and O–H groups in total. The minimum atomic E-state index is -0.325. The van der Waals surface area contributed by atoms with Crippen molar-refractivity contribution in [2.45, 2.75) is 17.3 Å². The van der Waals surface area contributed by atoms with Gasteiger partial charge in [0.15, 0.2) is 5.82 Å². The van der Waals surface area contributed by atoms with E-state index in [9.17, 15) is 4.79 Å². The van der Waals surface area contributed by atoms with Crippen LogP contribution in [0.5, 0.6) is 0 Å². The SMILES string of the molecule is COC(=O)[C@@H](C)Sc1n[nH]c(-c2ccccc2)n1. The van der Waals surface area contributed by atoms with Crippen LogP contribution in [-0.4, -0.2) is 33.5 Å². The van der Waals surface area contributed by atoms with E-state index in [1.54, 1.807) is 6.92 Å². The number of aromatic amines is 1. The van der Waals surface area contributed by atoms with Gasteiger partial charge in [0, 0.05) is 5.56 Å². The normalized spacial score (nSPS) is 12.1. The molecule has 0 bridgehead atoms. The van der Waals surface area contributed by atoms with Crippen LogP contribution < -0.4 is 0 Å². The summed E-state index contributed by atoms with van der Waals surface area (Å²) in [6, 6.07) is 9.69. The number of aromatic nitrogens is 3. The fourth-order valence-corrected chi connectivity index (χ4v) is 2.15. The van der Waals surface area contributed by atoms with Gasteiger partial charge in [-0.25, -0.2) is 4.98 Å². The highest BCUT2D eigenvalue weighted by Gasteiger charge is 2.17. The van der Waals surface area contributed by atoms with Gasteiger partial charge in [0.05, 0.1) is 7.11 Å². The molecular weight excluding hydrogens is 250 g/mol. The number of benzene rings is 1. The molecule has 6 heteroatoms. The first-order valence-corrected chi connectivity index (χ1v) is 6.31. The van der Waals surface area contributed by atoms with Gasteiger partial charge in [-0.1, -0.05) is 42.1 Å². The molecule has 0 unspecified atom stereocenters. The van der Waals surface area contributed by atoms with Gasteiger partial charge in [0.1, 0.15) is 5.25 Å². The van der Waals surface area contributed by atoms with Crippen LogP contribution in [0, 0.1) is 0 Å². The molecule has 0 saturated carbocycles. The standard InChI is InChI=1S/C12H13N3O2S/c1-8(11(16)17-2)18-12-13-10(14-15-12)9-6-4-3-5-7-9/h3-8H,1-2H3,(H,13,14,15)/t8-/m1/s1. The van der Waals surface area contributed by atoms with Gasteiger partial charge in [0.25, 0.3) is 0 Å².